The summed E-state index contributed by atoms with van der Waals surface area (Å²) in [6, 6.07) is 25.0. The molecular formula is C37H45N2O14P. The summed E-state index contributed by atoms with van der Waals surface area (Å²) in [6.45, 7) is 0.584. The van der Waals surface area contributed by atoms with Crippen molar-refractivity contribution in [1.82, 2.24) is 9.55 Å². The topological polar surface area (TPSA) is 195 Å². The fourth-order valence-corrected chi connectivity index (χ4v) is 6.92. The third kappa shape index (κ3) is 10.1. The van der Waals surface area contributed by atoms with Crippen molar-refractivity contribution in [2.45, 2.75) is 30.1 Å². The quantitative estimate of drug-likeness (QED) is 0.0635. The van der Waals surface area contributed by atoms with E-state index >= 15 is 0 Å². The lowest BCUT2D eigenvalue weighted by atomic mass is 9.80. The zero-order valence-electron chi connectivity index (χ0n) is 30.1. The summed E-state index contributed by atoms with van der Waals surface area (Å²) in [5, 5.41) is 11.5. The number of methoxy groups -OCH3 is 3. The summed E-state index contributed by atoms with van der Waals surface area (Å²) in [4.78, 5) is 37.6. The number of hydrogen-bond acceptors (Lipinski definition) is 13. The number of phosphoric ester groups is 1. The van der Waals surface area contributed by atoms with Gasteiger partial charge in [0, 0.05) is 19.4 Å². The van der Waals surface area contributed by atoms with Gasteiger partial charge in [-0.3, -0.25) is 23.4 Å². The molecule has 0 saturated carbocycles. The van der Waals surface area contributed by atoms with Gasteiger partial charge >= 0.3 is 13.5 Å². The first kappa shape index (κ1) is 41.0. The maximum Gasteiger partial charge on any atom is 0.472 e. The molecule has 3 N–H and O–H groups in total. The highest BCUT2D eigenvalue weighted by atomic mass is 31.2. The van der Waals surface area contributed by atoms with Crippen LogP contribution in [0.5, 0.6) is 11.5 Å². The van der Waals surface area contributed by atoms with Crippen molar-refractivity contribution in [2.75, 3.05) is 67.6 Å². The Morgan fingerprint density at radius 2 is 1.33 bits per heavy atom. The number of nitrogens with zero attached hydrogens (tertiary/aromatic N) is 1. The molecule has 0 aliphatic carbocycles. The molecule has 0 spiro atoms. The lowest BCUT2D eigenvalue weighted by molar-refractivity contribution is -0.0957. The summed E-state index contributed by atoms with van der Waals surface area (Å²) in [5.41, 5.74) is -0.803. The van der Waals surface area contributed by atoms with Gasteiger partial charge in [-0.15, -0.1) is 0 Å². The Hall–Kier alpha value is -4.19. The minimum atomic E-state index is -4.88. The maximum atomic E-state index is 13.3. The van der Waals surface area contributed by atoms with Crippen LogP contribution in [0.3, 0.4) is 0 Å². The van der Waals surface area contributed by atoms with Crippen molar-refractivity contribution in [3.63, 3.8) is 0 Å². The summed E-state index contributed by atoms with van der Waals surface area (Å²) in [7, 11) is -0.198. The van der Waals surface area contributed by atoms with Gasteiger partial charge < -0.3 is 43.2 Å². The Morgan fingerprint density at radius 3 is 1.89 bits per heavy atom. The highest BCUT2D eigenvalue weighted by Crippen LogP contribution is 2.49. The Morgan fingerprint density at radius 1 is 0.778 bits per heavy atom. The first-order valence-electron chi connectivity index (χ1n) is 17.1. The molecule has 16 nitrogen and oxygen atoms in total. The highest BCUT2D eigenvalue weighted by Gasteiger charge is 2.50. The van der Waals surface area contributed by atoms with Gasteiger partial charge in [0.05, 0.1) is 60.5 Å². The van der Waals surface area contributed by atoms with Crippen molar-refractivity contribution in [3.8, 4) is 11.5 Å². The Balaban J connectivity index is 1.45. The van der Waals surface area contributed by atoms with Crippen LogP contribution in [0.1, 0.15) is 22.9 Å². The van der Waals surface area contributed by atoms with E-state index in [1.54, 1.807) is 45.6 Å². The molecular weight excluding hydrogens is 727 g/mol. The van der Waals surface area contributed by atoms with Gasteiger partial charge in [0.1, 0.15) is 35.4 Å². The number of hydrogen-bond donors (Lipinski definition) is 3. The smallest absolute Gasteiger partial charge is 0.472 e. The van der Waals surface area contributed by atoms with Gasteiger partial charge in [-0.25, -0.2) is 9.36 Å². The molecule has 0 radical (unpaired) electrons. The van der Waals surface area contributed by atoms with E-state index in [9.17, 15) is 24.2 Å². The van der Waals surface area contributed by atoms with Gasteiger partial charge in [-0.05, 0) is 41.0 Å². The Labute approximate surface area is 311 Å². The monoisotopic (exact) mass is 772 g/mol. The molecule has 1 aliphatic heterocycles. The first-order valence-corrected chi connectivity index (χ1v) is 18.5. The standard InChI is InChI=1S/C37H45N2O14P/c1-45-19-20-48-21-22-49-23-24-51-54(43,44)53-34-31(52-35(33(34)41)39-18-17-32(40)38-36(39)42)25-50-37(26-7-5-4-6-8-26,27-9-13-29(46-2)14-10-27)28-11-15-30(47-3)16-12-28/h4-18,31,33-35,41H,19-25H2,1-3H3,(H,43,44)(H,38,40,42)/t31-,33?,34?,35-/m1/s1. The third-order valence-corrected chi connectivity index (χ3v) is 9.63. The van der Waals surface area contributed by atoms with Crippen LogP contribution in [0.2, 0.25) is 0 Å². The molecule has 1 aromatic heterocycles. The number of H-pyrrole nitrogens is 1. The number of aromatic amines is 1. The molecule has 2 heterocycles. The van der Waals surface area contributed by atoms with Crippen molar-refractivity contribution >= 4 is 7.82 Å². The molecule has 5 rings (SSSR count). The Bertz CT molecular complexity index is 1860. The van der Waals surface area contributed by atoms with Crippen LogP contribution in [0.25, 0.3) is 0 Å². The number of aromatic nitrogens is 2. The highest BCUT2D eigenvalue weighted by molar-refractivity contribution is 7.47. The van der Waals surface area contributed by atoms with Crippen LogP contribution in [-0.2, 0) is 42.9 Å². The van der Waals surface area contributed by atoms with E-state index in [4.69, 9.17) is 42.2 Å². The third-order valence-electron chi connectivity index (χ3n) is 8.61. The van der Waals surface area contributed by atoms with Gasteiger partial charge in [0.2, 0.25) is 0 Å². The van der Waals surface area contributed by atoms with Crippen LogP contribution in [0.4, 0.5) is 0 Å². The minimum Gasteiger partial charge on any atom is -0.497 e. The van der Waals surface area contributed by atoms with Crippen molar-refractivity contribution in [3.05, 3.63) is 129 Å². The summed E-state index contributed by atoms with van der Waals surface area (Å²) in [5.74, 6) is 1.22. The van der Waals surface area contributed by atoms with Crippen molar-refractivity contribution in [1.29, 1.82) is 0 Å². The van der Waals surface area contributed by atoms with Crippen LogP contribution >= 0.6 is 7.82 Å². The second kappa shape index (κ2) is 19.4. The Kier molecular flexibility index (Phi) is 14.7. The second-order valence-corrected chi connectivity index (χ2v) is 13.4. The largest absolute Gasteiger partial charge is 0.497 e. The lowest BCUT2D eigenvalue weighted by Crippen LogP contribution is -2.41. The summed E-state index contributed by atoms with van der Waals surface area (Å²) in [6.07, 6.45) is -4.86. The van der Waals surface area contributed by atoms with E-state index in [0.29, 0.717) is 41.4 Å². The van der Waals surface area contributed by atoms with E-state index in [-0.39, 0.29) is 33.0 Å². The first-order chi connectivity index (χ1) is 26.1. The molecule has 292 valence electrons. The number of rotatable bonds is 21. The number of aliphatic hydroxyl groups is 1. The predicted octanol–water partition coefficient (Wildman–Crippen LogP) is 3.00. The minimum absolute atomic E-state index is 0.0590. The molecule has 4 aromatic rings. The molecule has 5 atom stereocenters. The normalized spacial score (nSPS) is 19.7. The second-order valence-electron chi connectivity index (χ2n) is 12.0. The van der Waals surface area contributed by atoms with Gasteiger partial charge in [0.25, 0.3) is 5.56 Å². The van der Waals surface area contributed by atoms with Gasteiger partial charge in [0.15, 0.2) is 6.23 Å². The molecule has 1 aliphatic rings. The average molecular weight is 773 g/mol. The maximum absolute atomic E-state index is 13.3. The summed E-state index contributed by atoms with van der Waals surface area (Å²) >= 11 is 0. The molecule has 3 aromatic carbocycles. The fraction of sp³-hybridized carbons (Fsp3) is 0.405. The molecule has 17 heteroatoms. The van der Waals surface area contributed by atoms with E-state index in [1.807, 2.05) is 54.6 Å². The van der Waals surface area contributed by atoms with E-state index in [2.05, 4.69) is 4.98 Å². The predicted molar refractivity (Wildman–Crippen MR) is 194 cm³/mol. The summed E-state index contributed by atoms with van der Waals surface area (Å²) < 4.78 is 64.5. The number of benzene rings is 3. The molecule has 1 saturated heterocycles. The van der Waals surface area contributed by atoms with E-state index in [0.717, 1.165) is 16.8 Å². The SMILES string of the molecule is COCCOCCOCCOP(=O)(O)OC1C(O)[C@H](n2ccc(=O)[nH]c2=O)O[C@@H]1COC(c1ccccc1)(c1ccc(OC)cc1)c1ccc(OC)cc1. The lowest BCUT2D eigenvalue weighted by Gasteiger charge is -2.37. The fourth-order valence-electron chi connectivity index (χ4n) is 5.98. The average Bonchev–Trinajstić information content (AvgIpc) is 3.48. The molecule has 0 amide bonds. The zero-order chi connectivity index (χ0) is 38.6. The molecule has 3 unspecified atom stereocenters. The van der Waals surface area contributed by atoms with Gasteiger partial charge in [-0.2, -0.15) is 0 Å². The molecule has 54 heavy (non-hydrogen) atoms. The molecule has 1 fully saturated rings. The van der Waals surface area contributed by atoms with Crippen LogP contribution in [-0.4, -0.2) is 105 Å². The van der Waals surface area contributed by atoms with Crippen molar-refractivity contribution in [2.24, 2.45) is 0 Å². The molecule has 0 bridgehead atoms. The van der Waals surface area contributed by atoms with E-state index in [1.165, 1.54) is 0 Å². The zero-order valence-corrected chi connectivity index (χ0v) is 31.0. The van der Waals surface area contributed by atoms with Crippen LogP contribution < -0.4 is 20.7 Å². The van der Waals surface area contributed by atoms with Crippen LogP contribution in [0.15, 0.2) is 101 Å². The number of ether oxygens (including phenoxy) is 7. The number of nitrogens with one attached hydrogen (secondary N) is 1. The van der Waals surface area contributed by atoms with Crippen molar-refractivity contribution < 1.29 is 56.8 Å². The number of phosphoric acid groups is 1. The van der Waals surface area contributed by atoms with E-state index < -0.39 is 49.2 Å². The van der Waals surface area contributed by atoms with Crippen LogP contribution in [0, 0.1) is 0 Å². The van der Waals surface area contributed by atoms with Gasteiger partial charge in [-0.1, -0.05) is 54.6 Å². The number of aliphatic hydroxyl groups excluding tert-OH is 1.